The number of aromatic nitrogens is 1. The van der Waals surface area contributed by atoms with Gasteiger partial charge in [0.05, 0.1) is 53.7 Å². The molecule has 0 saturated carbocycles. The highest BCUT2D eigenvalue weighted by Crippen LogP contribution is 2.37. The smallest absolute Gasteiger partial charge is 0.163 e. The number of hydrogen-bond acceptors (Lipinski definition) is 9. The zero-order valence-electron chi connectivity index (χ0n) is 20.7. The quantitative estimate of drug-likeness (QED) is 0.336. The van der Waals surface area contributed by atoms with Gasteiger partial charge in [0.1, 0.15) is 30.9 Å². The molecule has 9 nitrogen and oxygen atoms in total. The number of ether oxygens (including phenoxy) is 5. The molecule has 3 aromatic rings. The van der Waals surface area contributed by atoms with E-state index in [2.05, 4.69) is 21.3 Å². The maximum Gasteiger partial charge on any atom is 0.163 e. The number of rotatable bonds is 11. The Morgan fingerprint density at radius 3 is 2.46 bits per heavy atom. The zero-order valence-corrected chi connectivity index (χ0v) is 22.2. The van der Waals surface area contributed by atoms with Crippen molar-refractivity contribution in [2.75, 3.05) is 72.2 Å². The van der Waals surface area contributed by atoms with Crippen molar-refractivity contribution in [3.63, 3.8) is 0 Å². The molecule has 0 amide bonds. The Morgan fingerprint density at radius 1 is 0.973 bits per heavy atom. The van der Waals surface area contributed by atoms with Gasteiger partial charge in [-0.2, -0.15) is 5.26 Å². The second-order valence-corrected chi connectivity index (χ2v) is 9.04. The Hall–Kier alpha value is -3.00. The summed E-state index contributed by atoms with van der Waals surface area (Å²) in [6, 6.07) is 10.8. The average Bonchev–Trinajstić information content (AvgIpc) is 2.90. The van der Waals surface area contributed by atoms with Crippen molar-refractivity contribution in [1.29, 1.82) is 5.26 Å². The van der Waals surface area contributed by atoms with Gasteiger partial charge in [0.15, 0.2) is 11.5 Å². The van der Waals surface area contributed by atoms with Crippen LogP contribution in [0.4, 0.5) is 11.5 Å². The summed E-state index contributed by atoms with van der Waals surface area (Å²) in [5, 5.41) is 14.4. The molecule has 1 aliphatic heterocycles. The molecule has 0 spiro atoms. The van der Waals surface area contributed by atoms with Gasteiger partial charge in [-0.3, -0.25) is 4.90 Å². The first-order chi connectivity index (χ1) is 18.0. The van der Waals surface area contributed by atoms with E-state index in [9.17, 15) is 5.26 Å². The Labute approximate surface area is 225 Å². The SMILES string of the molecule is COCCOc1cc2nc(Nc3cc(OC)c(Cl)cc3Cl)c(C#N)cc2cc1OCCN1CCOCC1. The summed E-state index contributed by atoms with van der Waals surface area (Å²) >= 11 is 12.5. The van der Waals surface area contributed by atoms with Crippen LogP contribution < -0.4 is 19.5 Å². The standard InChI is InChI=1S/C26H28Cl2N4O5/c1-33-9-10-37-25-14-21-17(12-24(25)36-8-5-32-3-6-35-7-4-32)11-18(16-29)26(30-21)31-22-15-23(34-2)20(28)13-19(22)27/h11-15H,3-10H2,1-2H3,(H,30,31). The lowest BCUT2D eigenvalue weighted by Gasteiger charge is -2.26. The number of morpholine rings is 1. The molecule has 1 saturated heterocycles. The Balaban J connectivity index is 1.63. The van der Waals surface area contributed by atoms with E-state index >= 15 is 0 Å². The molecule has 2 aromatic carbocycles. The van der Waals surface area contributed by atoms with Crippen molar-refractivity contribution >= 4 is 45.6 Å². The van der Waals surface area contributed by atoms with Crippen molar-refractivity contribution in [3.05, 3.63) is 45.9 Å². The minimum atomic E-state index is 0.338. The lowest BCUT2D eigenvalue weighted by molar-refractivity contribution is 0.0320. The number of nitriles is 1. The molecule has 0 atom stereocenters. The first-order valence-corrected chi connectivity index (χ1v) is 12.5. The number of methoxy groups -OCH3 is 2. The minimum absolute atomic E-state index is 0.338. The number of halogens is 2. The third kappa shape index (κ3) is 6.86. The predicted octanol–water partition coefficient (Wildman–Crippen LogP) is 4.90. The zero-order chi connectivity index (χ0) is 26.2. The molecular formula is C26H28Cl2N4O5. The van der Waals surface area contributed by atoms with Gasteiger partial charge < -0.3 is 29.0 Å². The number of anilines is 2. The summed E-state index contributed by atoms with van der Waals surface area (Å²) in [7, 11) is 3.13. The van der Waals surface area contributed by atoms with Crippen LogP contribution in [0.2, 0.25) is 10.0 Å². The summed E-state index contributed by atoms with van der Waals surface area (Å²) < 4.78 is 27.9. The van der Waals surface area contributed by atoms with Crippen LogP contribution in [0.5, 0.6) is 17.2 Å². The van der Waals surface area contributed by atoms with Crippen LogP contribution in [0.3, 0.4) is 0 Å². The number of fused-ring (bicyclic) bond motifs is 1. The molecule has 1 fully saturated rings. The minimum Gasteiger partial charge on any atom is -0.495 e. The van der Waals surface area contributed by atoms with E-state index in [-0.39, 0.29) is 0 Å². The van der Waals surface area contributed by atoms with E-state index in [0.717, 1.165) is 38.2 Å². The van der Waals surface area contributed by atoms with E-state index in [1.165, 1.54) is 7.11 Å². The lowest BCUT2D eigenvalue weighted by Crippen LogP contribution is -2.38. The molecule has 2 heterocycles. The van der Waals surface area contributed by atoms with Crippen molar-refractivity contribution < 1.29 is 23.7 Å². The third-order valence-corrected chi connectivity index (χ3v) is 6.42. The van der Waals surface area contributed by atoms with E-state index in [4.69, 9.17) is 46.9 Å². The van der Waals surface area contributed by atoms with Gasteiger partial charge in [0.25, 0.3) is 0 Å². The second kappa shape index (κ2) is 13.0. The Kier molecular flexibility index (Phi) is 9.50. The van der Waals surface area contributed by atoms with E-state index in [1.807, 2.05) is 6.07 Å². The molecular weight excluding hydrogens is 519 g/mol. The highest BCUT2D eigenvalue weighted by Gasteiger charge is 2.16. The largest absolute Gasteiger partial charge is 0.495 e. The fourth-order valence-corrected chi connectivity index (χ4v) is 4.35. The van der Waals surface area contributed by atoms with Crippen molar-refractivity contribution in [2.45, 2.75) is 0 Å². The fraction of sp³-hybridized carbons (Fsp3) is 0.385. The Bertz CT molecular complexity index is 1280. The van der Waals surface area contributed by atoms with Crippen molar-refractivity contribution in [3.8, 4) is 23.3 Å². The molecule has 1 aliphatic rings. The maximum atomic E-state index is 9.83. The monoisotopic (exact) mass is 546 g/mol. The van der Waals surface area contributed by atoms with Crippen LogP contribution in [0.1, 0.15) is 5.56 Å². The lowest BCUT2D eigenvalue weighted by atomic mass is 10.1. The highest BCUT2D eigenvalue weighted by molar-refractivity contribution is 6.37. The number of pyridine rings is 1. The van der Waals surface area contributed by atoms with Gasteiger partial charge in [0, 0.05) is 44.3 Å². The number of nitrogens with zero attached hydrogens (tertiary/aromatic N) is 3. The molecule has 0 aliphatic carbocycles. The van der Waals surface area contributed by atoms with Gasteiger partial charge >= 0.3 is 0 Å². The van der Waals surface area contributed by atoms with Crippen molar-refractivity contribution in [1.82, 2.24) is 9.88 Å². The van der Waals surface area contributed by atoms with E-state index < -0.39 is 0 Å². The normalized spacial score (nSPS) is 13.8. The molecule has 0 bridgehead atoms. The molecule has 1 aromatic heterocycles. The van der Waals surface area contributed by atoms with Crippen LogP contribution in [-0.4, -0.2) is 76.8 Å². The van der Waals surface area contributed by atoms with Crippen LogP contribution >= 0.6 is 23.2 Å². The number of nitrogens with one attached hydrogen (secondary N) is 1. The number of benzene rings is 2. The fourth-order valence-electron chi connectivity index (χ4n) is 3.84. The van der Waals surface area contributed by atoms with Crippen LogP contribution in [0.15, 0.2) is 30.3 Å². The van der Waals surface area contributed by atoms with Crippen molar-refractivity contribution in [2.24, 2.45) is 0 Å². The van der Waals surface area contributed by atoms with Crippen LogP contribution in [0.25, 0.3) is 10.9 Å². The molecule has 0 radical (unpaired) electrons. The van der Waals surface area contributed by atoms with Gasteiger partial charge in [0.2, 0.25) is 0 Å². The summed E-state index contributed by atoms with van der Waals surface area (Å²) in [4.78, 5) is 6.98. The summed E-state index contributed by atoms with van der Waals surface area (Å²) in [6.45, 7) is 5.26. The van der Waals surface area contributed by atoms with E-state index in [1.54, 1.807) is 31.4 Å². The van der Waals surface area contributed by atoms with E-state index in [0.29, 0.717) is 69.7 Å². The molecule has 0 unspecified atom stereocenters. The Morgan fingerprint density at radius 2 is 1.73 bits per heavy atom. The topological polar surface area (TPSA) is 98.1 Å². The van der Waals surface area contributed by atoms with Gasteiger partial charge in [-0.15, -0.1) is 0 Å². The first kappa shape index (κ1) is 27.0. The molecule has 37 heavy (non-hydrogen) atoms. The summed E-state index contributed by atoms with van der Waals surface area (Å²) in [5.74, 6) is 1.90. The predicted molar refractivity (Wildman–Crippen MR) is 143 cm³/mol. The molecule has 196 valence electrons. The van der Waals surface area contributed by atoms with Crippen LogP contribution in [0, 0.1) is 11.3 Å². The molecule has 11 heteroatoms. The number of hydrogen-bond donors (Lipinski definition) is 1. The third-order valence-electron chi connectivity index (χ3n) is 5.81. The molecule has 4 rings (SSSR count). The van der Waals surface area contributed by atoms with Gasteiger partial charge in [-0.25, -0.2) is 4.98 Å². The summed E-state index contributed by atoms with van der Waals surface area (Å²) in [6.07, 6.45) is 0. The molecule has 1 N–H and O–H groups in total. The summed E-state index contributed by atoms with van der Waals surface area (Å²) in [5.41, 5.74) is 1.46. The first-order valence-electron chi connectivity index (χ1n) is 11.8. The maximum absolute atomic E-state index is 9.83. The average molecular weight is 547 g/mol. The van der Waals surface area contributed by atoms with Crippen LogP contribution in [-0.2, 0) is 9.47 Å². The van der Waals surface area contributed by atoms with Gasteiger partial charge in [-0.05, 0) is 18.2 Å². The second-order valence-electron chi connectivity index (χ2n) is 8.22. The highest BCUT2D eigenvalue weighted by atomic mass is 35.5. The van der Waals surface area contributed by atoms with Gasteiger partial charge in [-0.1, -0.05) is 23.2 Å².